The predicted octanol–water partition coefficient (Wildman–Crippen LogP) is 3.25. The van der Waals surface area contributed by atoms with E-state index in [0.717, 1.165) is 16.0 Å². The number of fused-ring (bicyclic) bond motifs is 1. The molecule has 0 saturated heterocycles. The third-order valence-corrected chi connectivity index (χ3v) is 6.35. The van der Waals surface area contributed by atoms with Crippen molar-refractivity contribution in [3.05, 3.63) is 96.0 Å². The Kier molecular flexibility index (Phi) is 6.09. The van der Waals surface area contributed by atoms with E-state index in [1.54, 1.807) is 47.0 Å². The number of nitriles is 1. The topological polar surface area (TPSA) is 123 Å². The first kappa shape index (κ1) is 23.4. The largest absolute Gasteiger partial charge is 0.355 e. The average molecular weight is 523 g/mol. The Morgan fingerprint density at radius 1 is 1.19 bits per heavy atom. The normalized spacial score (nSPS) is 11.1. The van der Waals surface area contributed by atoms with Crippen molar-refractivity contribution in [2.24, 2.45) is 7.05 Å². The molecule has 0 bridgehead atoms. The van der Waals surface area contributed by atoms with E-state index in [2.05, 4.69) is 20.4 Å². The first-order valence-corrected chi connectivity index (χ1v) is 11.8. The van der Waals surface area contributed by atoms with Gasteiger partial charge < -0.3 is 5.32 Å². The van der Waals surface area contributed by atoms with E-state index in [9.17, 15) is 19.2 Å². The fraction of sp³-hybridized carbons (Fsp3) is 0.130. The number of thiazole rings is 1. The SMILES string of the molecule is Cn1cc2cc(Nc3nc(=O)n(Cc4cscn4)c(=O)n3Cc3ccc(F)c(C#N)c3)c(Cl)cc2n1. The van der Waals surface area contributed by atoms with E-state index >= 15 is 0 Å². The lowest BCUT2D eigenvalue weighted by Gasteiger charge is -2.16. The highest BCUT2D eigenvalue weighted by Crippen LogP contribution is 2.29. The number of anilines is 2. The molecule has 1 N–H and O–H groups in total. The van der Waals surface area contributed by atoms with Gasteiger partial charge >= 0.3 is 11.4 Å². The number of aryl methyl sites for hydroxylation is 1. The summed E-state index contributed by atoms with van der Waals surface area (Å²) in [7, 11) is 1.78. The lowest BCUT2D eigenvalue weighted by molar-refractivity contribution is 0.583. The minimum atomic E-state index is -0.776. The molecule has 0 spiro atoms. The number of aromatic nitrogens is 6. The Hall–Kier alpha value is -4.34. The molecule has 0 saturated carbocycles. The molecule has 5 rings (SSSR count). The van der Waals surface area contributed by atoms with Crippen molar-refractivity contribution < 1.29 is 4.39 Å². The van der Waals surface area contributed by atoms with E-state index in [0.29, 0.717) is 27.5 Å². The maximum absolute atomic E-state index is 13.9. The number of nitrogens with zero attached hydrogens (tertiary/aromatic N) is 7. The molecule has 180 valence electrons. The molecule has 3 heterocycles. The van der Waals surface area contributed by atoms with Crippen LogP contribution in [0.25, 0.3) is 10.9 Å². The van der Waals surface area contributed by atoms with Gasteiger partial charge in [0.05, 0.1) is 46.1 Å². The van der Waals surface area contributed by atoms with Crippen LogP contribution in [-0.2, 0) is 20.1 Å². The minimum absolute atomic E-state index is 0.0625. The molecular formula is C23H16ClFN8O2S. The molecule has 0 atom stereocenters. The van der Waals surface area contributed by atoms with Crippen LogP contribution in [0.15, 0.2) is 57.0 Å². The van der Waals surface area contributed by atoms with Crippen molar-refractivity contribution in [3.63, 3.8) is 0 Å². The highest BCUT2D eigenvalue weighted by molar-refractivity contribution is 7.07. The van der Waals surface area contributed by atoms with Crippen molar-refractivity contribution in [1.29, 1.82) is 5.26 Å². The molecule has 0 unspecified atom stereocenters. The zero-order chi connectivity index (χ0) is 25.4. The van der Waals surface area contributed by atoms with Crippen molar-refractivity contribution in [3.8, 4) is 6.07 Å². The zero-order valence-corrected chi connectivity index (χ0v) is 20.2. The van der Waals surface area contributed by atoms with Crippen LogP contribution in [0, 0.1) is 17.1 Å². The van der Waals surface area contributed by atoms with Crippen molar-refractivity contribution in [1.82, 2.24) is 28.9 Å². The molecular weight excluding hydrogens is 507 g/mol. The number of rotatable bonds is 6. The second kappa shape index (κ2) is 9.37. The summed E-state index contributed by atoms with van der Waals surface area (Å²) >= 11 is 7.78. The van der Waals surface area contributed by atoms with Crippen LogP contribution in [0.4, 0.5) is 16.0 Å². The smallest absolute Gasteiger partial charge is 0.324 e. The fourth-order valence-electron chi connectivity index (χ4n) is 3.71. The van der Waals surface area contributed by atoms with E-state index in [-0.39, 0.29) is 24.6 Å². The molecule has 0 fully saturated rings. The van der Waals surface area contributed by atoms with Crippen molar-refractivity contribution in [2.45, 2.75) is 13.1 Å². The molecule has 0 aliphatic heterocycles. The second-order valence-electron chi connectivity index (χ2n) is 7.90. The van der Waals surface area contributed by atoms with Gasteiger partial charge in [0.2, 0.25) is 5.95 Å². The Labute approximate surface area is 211 Å². The summed E-state index contributed by atoms with van der Waals surface area (Å²) in [6.07, 6.45) is 1.80. The maximum Gasteiger partial charge on any atom is 0.355 e. The molecule has 36 heavy (non-hydrogen) atoms. The van der Waals surface area contributed by atoms with Gasteiger partial charge in [0.15, 0.2) is 0 Å². The quantitative estimate of drug-likeness (QED) is 0.363. The van der Waals surface area contributed by atoms with Crippen LogP contribution in [0.5, 0.6) is 0 Å². The predicted molar refractivity (Wildman–Crippen MR) is 133 cm³/mol. The second-order valence-corrected chi connectivity index (χ2v) is 9.02. The summed E-state index contributed by atoms with van der Waals surface area (Å²) in [5.41, 5.74) is 2.08. The Morgan fingerprint density at radius 3 is 2.78 bits per heavy atom. The monoisotopic (exact) mass is 522 g/mol. The van der Waals surface area contributed by atoms with E-state index in [1.807, 2.05) is 0 Å². The zero-order valence-electron chi connectivity index (χ0n) is 18.6. The van der Waals surface area contributed by atoms with Gasteiger partial charge in [-0.25, -0.2) is 23.5 Å². The summed E-state index contributed by atoms with van der Waals surface area (Å²) in [5.74, 6) is -0.734. The number of hydrogen-bond acceptors (Lipinski definition) is 8. The Balaban J connectivity index is 1.63. The fourth-order valence-corrected chi connectivity index (χ4v) is 4.46. The number of halogens is 2. The molecule has 0 radical (unpaired) electrons. The minimum Gasteiger partial charge on any atom is -0.324 e. The van der Waals surface area contributed by atoms with Gasteiger partial charge in [0.25, 0.3) is 0 Å². The lowest BCUT2D eigenvalue weighted by atomic mass is 10.1. The van der Waals surface area contributed by atoms with Crippen molar-refractivity contribution >= 4 is 45.5 Å². The third-order valence-electron chi connectivity index (χ3n) is 5.40. The van der Waals surface area contributed by atoms with Gasteiger partial charge in [-0.2, -0.15) is 15.3 Å². The number of benzene rings is 2. The Morgan fingerprint density at radius 2 is 2.03 bits per heavy atom. The first-order valence-electron chi connectivity index (χ1n) is 10.5. The van der Waals surface area contributed by atoms with Gasteiger partial charge in [-0.3, -0.25) is 9.25 Å². The van der Waals surface area contributed by atoms with Gasteiger partial charge in [-0.15, -0.1) is 11.3 Å². The highest BCUT2D eigenvalue weighted by atomic mass is 35.5. The molecule has 5 aromatic rings. The summed E-state index contributed by atoms with van der Waals surface area (Å²) in [6.45, 7) is -0.156. The van der Waals surface area contributed by atoms with Crippen LogP contribution in [0.1, 0.15) is 16.8 Å². The van der Waals surface area contributed by atoms with Gasteiger partial charge in [-0.1, -0.05) is 17.7 Å². The van der Waals surface area contributed by atoms with E-state index in [1.165, 1.54) is 28.0 Å². The Bertz CT molecular complexity index is 1770. The first-order chi connectivity index (χ1) is 17.3. The average Bonchev–Trinajstić information content (AvgIpc) is 3.49. The summed E-state index contributed by atoms with van der Waals surface area (Å²) < 4.78 is 17.7. The summed E-state index contributed by atoms with van der Waals surface area (Å²) in [6, 6.07) is 9.12. The number of nitrogens with one attached hydrogen (secondary N) is 1. The van der Waals surface area contributed by atoms with Crippen LogP contribution in [-0.4, -0.2) is 28.9 Å². The van der Waals surface area contributed by atoms with Gasteiger partial charge in [-0.05, 0) is 29.8 Å². The van der Waals surface area contributed by atoms with Crippen LogP contribution in [0.2, 0.25) is 5.02 Å². The highest BCUT2D eigenvalue weighted by Gasteiger charge is 2.17. The standard InChI is InChI=1S/C23H16ClFN8O2S/c1-31-9-15-5-20(17(24)6-19(15)30-31)28-21-29-22(34)33(10-16-11-36-12-27-16)23(35)32(21)8-13-2-3-18(25)14(4-13)7-26/h2-6,9,11-12H,8,10H2,1H3,(H,28,29,34). The number of hydrogen-bond donors (Lipinski definition) is 1. The molecule has 10 nitrogen and oxygen atoms in total. The van der Waals surface area contributed by atoms with Crippen molar-refractivity contribution in [2.75, 3.05) is 5.32 Å². The third kappa shape index (κ3) is 4.49. The van der Waals surface area contributed by atoms with E-state index in [4.69, 9.17) is 11.6 Å². The lowest BCUT2D eigenvalue weighted by Crippen LogP contribution is -2.43. The molecule has 0 aliphatic rings. The van der Waals surface area contributed by atoms with E-state index < -0.39 is 17.2 Å². The van der Waals surface area contributed by atoms with Gasteiger partial charge in [0, 0.05) is 24.0 Å². The summed E-state index contributed by atoms with van der Waals surface area (Å²) in [4.78, 5) is 34.6. The van der Waals surface area contributed by atoms with Gasteiger partial charge in [0.1, 0.15) is 11.9 Å². The molecule has 0 aliphatic carbocycles. The summed E-state index contributed by atoms with van der Waals surface area (Å²) in [5, 5.41) is 19.3. The molecule has 13 heteroatoms. The molecule has 3 aromatic heterocycles. The molecule has 2 aromatic carbocycles. The molecule has 0 amide bonds. The van der Waals surface area contributed by atoms with Crippen LogP contribution < -0.4 is 16.7 Å². The van der Waals surface area contributed by atoms with Crippen LogP contribution >= 0.6 is 22.9 Å². The van der Waals surface area contributed by atoms with Crippen LogP contribution in [0.3, 0.4) is 0 Å². The maximum atomic E-state index is 13.9.